The first kappa shape index (κ1) is 19.8. The van der Waals surface area contributed by atoms with Gasteiger partial charge in [-0.3, -0.25) is 0 Å². The Hall–Kier alpha value is -3.15. The van der Waals surface area contributed by atoms with E-state index in [2.05, 4.69) is 26.2 Å². The lowest BCUT2D eigenvalue weighted by Crippen LogP contribution is -2.45. The highest BCUT2D eigenvalue weighted by atomic mass is 32.1. The van der Waals surface area contributed by atoms with Crippen LogP contribution in [-0.4, -0.2) is 56.8 Å². The van der Waals surface area contributed by atoms with E-state index in [-0.39, 0.29) is 36.1 Å². The number of rotatable bonds is 5. The molecule has 2 aromatic carbocycles. The molecular formula is C20H19FN6O3S. The summed E-state index contributed by atoms with van der Waals surface area (Å²) in [4.78, 5) is 0. The molecular weight excluding hydrogens is 423 g/mol. The van der Waals surface area contributed by atoms with Crippen molar-refractivity contribution < 1.29 is 18.6 Å². The third-order valence-corrected chi connectivity index (χ3v) is 5.39. The highest BCUT2D eigenvalue weighted by Gasteiger charge is 2.50. The van der Waals surface area contributed by atoms with Gasteiger partial charge in [-0.2, -0.15) is 4.68 Å². The highest BCUT2D eigenvalue weighted by Crippen LogP contribution is 2.36. The minimum atomic E-state index is -0.305. The van der Waals surface area contributed by atoms with Crippen molar-refractivity contribution in [3.63, 3.8) is 0 Å². The molecule has 4 unspecified atom stereocenters. The zero-order chi connectivity index (χ0) is 21.2. The van der Waals surface area contributed by atoms with Gasteiger partial charge in [0, 0.05) is 5.69 Å². The Bertz CT molecular complexity index is 1050. The van der Waals surface area contributed by atoms with Gasteiger partial charge in [0.25, 0.3) is 0 Å². The van der Waals surface area contributed by atoms with Crippen LogP contribution in [-0.2, 0) is 9.47 Å². The lowest BCUT2D eigenvalue weighted by molar-refractivity contribution is 0.0615. The van der Waals surface area contributed by atoms with Crippen LogP contribution in [0.25, 0.3) is 0 Å². The zero-order valence-electron chi connectivity index (χ0n) is 16.2. The quantitative estimate of drug-likeness (QED) is 0.577. The standard InChI is InChI=1S/C20H19FN6O3S/c21-12-6-8-13(9-7-12)22-19(31)23-15-10-28-18-16(11-29-17(15)18)27-20(24-25-26-27)30-14-4-2-1-3-5-14/h1-9,15-18H,10-11H2,(H2,22,23,31). The number of thiocarbonyl (C=S) groups is 1. The number of anilines is 1. The molecule has 2 aliphatic rings. The number of fused-ring (bicyclic) bond motifs is 1. The van der Waals surface area contributed by atoms with Crippen molar-refractivity contribution in [2.24, 2.45) is 0 Å². The topological polar surface area (TPSA) is 95.3 Å². The lowest BCUT2D eigenvalue weighted by atomic mass is 10.1. The minimum Gasteiger partial charge on any atom is -0.423 e. The largest absolute Gasteiger partial charge is 0.423 e. The van der Waals surface area contributed by atoms with Gasteiger partial charge in [0.1, 0.15) is 29.8 Å². The summed E-state index contributed by atoms with van der Waals surface area (Å²) in [5.74, 6) is 0.332. The van der Waals surface area contributed by atoms with E-state index in [9.17, 15) is 4.39 Å². The summed E-state index contributed by atoms with van der Waals surface area (Å²) < 4.78 is 32.5. The fraction of sp³-hybridized carbons (Fsp3) is 0.300. The monoisotopic (exact) mass is 442 g/mol. The number of nitrogens with zero attached hydrogens (tertiary/aromatic N) is 4. The van der Waals surface area contributed by atoms with Gasteiger partial charge < -0.3 is 24.8 Å². The summed E-state index contributed by atoms with van der Waals surface area (Å²) in [6, 6.07) is 15.2. The fourth-order valence-corrected chi connectivity index (χ4v) is 4.01. The number of hydrogen-bond donors (Lipinski definition) is 2. The number of hydrogen-bond acceptors (Lipinski definition) is 7. The van der Waals surface area contributed by atoms with Crippen molar-refractivity contribution in [3.8, 4) is 11.8 Å². The highest BCUT2D eigenvalue weighted by molar-refractivity contribution is 7.80. The maximum atomic E-state index is 13.1. The summed E-state index contributed by atoms with van der Waals surface area (Å²) in [6.07, 6.45) is -0.487. The molecule has 9 nitrogen and oxygen atoms in total. The van der Waals surface area contributed by atoms with Crippen LogP contribution in [0.2, 0.25) is 0 Å². The average Bonchev–Trinajstić information content (AvgIpc) is 3.48. The molecule has 3 aromatic rings. The molecule has 31 heavy (non-hydrogen) atoms. The summed E-state index contributed by atoms with van der Waals surface area (Å²) in [6.45, 7) is 0.788. The van der Waals surface area contributed by atoms with E-state index in [1.54, 1.807) is 16.8 Å². The summed E-state index contributed by atoms with van der Waals surface area (Å²) >= 11 is 5.38. The first-order valence-corrected chi connectivity index (χ1v) is 10.2. The number of benzene rings is 2. The van der Waals surface area contributed by atoms with Crippen molar-refractivity contribution in [2.75, 3.05) is 18.5 Å². The second-order valence-corrected chi connectivity index (χ2v) is 7.60. The third kappa shape index (κ3) is 4.20. The molecule has 3 heterocycles. The van der Waals surface area contributed by atoms with Gasteiger partial charge in [-0.05, 0) is 59.0 Å². The van der Waals surface area contributed by atoms with Gasteiger partial charge >= 0.3 is 6.01 Å². The Labute approximate surface area is 182 Å². The van der Waals surface area contributed by atoms with Gasteiger partial charge in [-0.25, -0.2) is 4.39 Å². The maximum absolute atomic E-state index is 13.1. The molecule has 5 rings (SSSR count). The third-order valence-electron chi connectivity index (χ3n) is 5.17. The molecule has 2 N–H and O–H groups in total. The number of nitrogens with one attached hydrogen (secondary N) is 2. The van der Waals surface area contributed by atoms with E-state index in [4.69, 9.17) is 26.4 Å². The van der Waals surface area contributed by atoms with Crippen LogP contribution < -0.4 is 15.4 Å². The molecule has 0 aliphatic carbocycles. The Morgan fingerprint density at radius 2 is 1.84 bits per heavy atom. The molecule has 11 heteroatoms. The Morgan fingerprint density at radius 3 is 2.65 bits per heavy atom. The van der Waals surface area contributed by atoms with Crippen LogP contribution in [0.3, 0.4) is 0 Å². The Balaban J connectivity index is 1.23. The Kier molecular flexibility index (Phi) is 5.45. The molecule has 1 aromatic heterocycles. The van der Waals surface area contributed by atoms with Crippen LogP contribution in [0, 0.1) is 5.82 Å². The van der Waals surface area contributed by atoms with E-state index in [0.717, 1.165) is 0 Å². The first-order chi connectivity index (χ1) is 15.2. The predicted octanol–water partition coefficient (Wildman–Crippen LogP) is 2.30. The summed E-state index contributed by atoms with van der Waals surface area (Å²) in [7, 11) is 0. The molecule has 0 saturated carbocycles. The number of para-hydroxylation sites is 1. The molecule has 4 atom stereocenters. The van der Waals surface area contributed by atoms with E-state index in [1.807, 2.05) is 30.3 Å². The lowest BCUT2D eigenvalue weighted by Gasteiger charge is -2.20. The van der Waals surface area contributed by atoms with Gasteiger partial charge in [0.15, 0.2) is 5.11 Å². The normalized spacial score (nSPS) is 24.5. The predicted molar refractivity (Wildman–Crippen MR) is 112 cm³/mol. The number of aromatic nitrogens is 4. The molecule has 0 bridgehead atoms. The summed E-state index contributed by atoms with van der Waals surface area (Å²) in [5.41, 5.74) is 0.691. The van der Waals surface area contributed by atoms with Crippen molar-refractivity contribution in [1.82, 2.24) is 25.5 Å². The summed E-state index contributed by atoms with van der Waals surface area (Å²) in [5, 5.41) is 18.5. The zero-order valence-corrected chi connectivity index (χ0v) is 17.0. The van der Waals surface area contributed by atoms with Gasteiger partial charge in [-0.15, -0.1) is 0 Å². The van der Waals surface area contributed by atoms with E-state index in [1.165, 1.54) is 12.1 Å². The minimum absolute atomic E-state index is 0.148. The molecule has 0 spiro atoms. The fourth-order valence-electron chi connectivity index (χ4n) is 3.74. The van der Waals surface area contributed by atoms with Crippen LogP contribution in [0.5, 0.6) is 11.8 Å². The molecule has 2 saturated heterocycles. The molecule has 160 valence electrons. The van der Waals surface area contributed by atoms with E-state index in [0.29, 0.717) is 29.8 Å². The van der Waals surface area contributed by atoms with E-state index < -0.39 is 0 Å². The Morgan fingerprint density at radius 1 is 1.06 bits per heavy atom. The van der Waals surface area contributed by atoms with Gasteiger partial charge in [0.2, 0.25) is 0 Å². The van der Waals surface area contributed by atoms with Crippen LogP contribution in [0.4, 0.5) is 10.1 Å². The van der Waals surface area contributed by atoms with E-state index >= 15 is 0 Å². The second-order valence-electron chi connectivity index (χ2n) is 7.20. The molecule has 0 amide bonds. The molecule has 2 aliphatic heterocycles. The molecule has 2 fully saturated rings. The maximum Gasteiger partial charge on any atom is 0.341 e. The van der Waals surface area contributed by atoms with Crippen molar-refractivity contribution in [1.29, 1.82) is 0 Å². The first-order valence-electron chi connectivity index (χ1n) is 9.74. The van der Waals surface area contributed by atoms with Crippen LogP contribution in [0.1, 0.15) is 6.04 Å². The SMILES string of the molecule is Fc1ccc(NC(=S)NC2COC3C2OCC3n2nnnc2Oc2ccccc2)cc1. The van der Waals surface area contributed by atoms with Crippen molar-refractivity contribution in [2.45, 2.75) is 24.3 Å². The van der Waals surface area contributed by atoms with Crippen LogP contribution in [0.15, 0.2) is 54.6 Å². The number of tetrazole rings is 1. The number of halogens is 1. The van der Waals surface area contributed by atoms with Gasteiger partial charge in [0.05, 0.1) is 19.3 Å². The number of ether oxygens (including phenoxy) is 3. The average molecular weight is 442 g/mol. The second kappa shape index (κ2) is 8.53. The smallest absolute Gasteiger partial charge is 0.341 e. The molecule has 0 radical (unpaired) electrons. The van der Waals surface area contributed by atoms with Crippen LogP contribution >= 0.6 is 12.2 Å². The van der Waals surface area contributed by atoms with Crippen molar-refractivity contribution in [3.05, 3.63) is 60.4 Å². The van der Waals surface area contributed by atoms with Gasteiger partial charge in [-0.1, -0.05) is 23.3 Å². The van der Waals surface area contributed by atoms with Crippen molar-refractivity contribution >= 4 is 23.0 Å².